The number of hydrogen-bond donors (Lipinski definition) is 2. The molecule has 1 aromatic rings. The van der Waals surface area contributed by atoms with E-state index >= 15 is 0 Å². The van der Waals surface area contributed by atoms with E-state index in [9.17, 15) is 18.5 Å². The van der Waals surface area contributed by atoms with E-state index < -0.39 is 26.8 Å². The molecule has 1 unspecified atom stereocenters. The van der Waals surface area contributed by atoms with Crippen LogP contribution in [0.5, 0.6) is 0 Å². The molecular formula is C8H11N3O5S. The minimum atomic E-state index is -3.81. The number of aromatic nitrogens is 1. The van der Waals surface area contributed by atoms with Crippen LogP contribution in [0.1, 0.15) is 6.92 Å². The van der Waals surface area contributed by atoms with Crippen LogP contribution in [-0.2, 0) is 10.0 Å². The van der Waals surface area contributed by atoms with E-state index in [1.807, 2.05) is 0 Å². The minimum Gasteiger partial charge on any atom is -0.395 e. The van der Waals surface area contributed by atoms with Crippen molar-refractivity contribution in [3.8, 4) is 0 Å². The van der Waals surface area contributed by atoms with Gasteiger partial charge in [0, 0.05) is 12.1 Å². The predicted molar refractivity (Wildman–Crippen MR) is 57.8 cm³/mol. The first-order valence-electron chi connectivity index (χ1n) is 4.60. The summed E-state index contributed by atoms with van der Waals surface area (Å²) in [6.07, 6.45) is 0.893. The second-order valence-electron chi connectivity index (χ2n) is 3.31. The summed E-state index contributed by atoms with van der Waals surface area (Å²) in [5, 5.41) is 19.1. The molecule has 0 aliphatic heterocycles. The molecule has 0 spiro atoms. The van der Waals surface area contributed by atoms with Crippen molar-refractivity contribution in [1.82, 2.24) is 9.71 Å². The topological polar surface area (TPSA) is 122 Å². The lowest BCUT2D eigenvalue weighted by molar-refractivity contribution is -0.389. The third-order valence-electron chi connectivity index (χ3n) is 1.85. The quantitative estimate of drug-likeness (QED) is 0.551. The van der Waals surface area contributed by atoms with Gasteiger partial charge in [-0.15, -0.1) is 0 Å². The van der Waals surface area contributed by atoms with Gasteiger partial charge >= 0.3 is 5.82 Å². The van der Waals surface area contributed by atoms with Crippen molar-refractivity contribution < 1.29 is 18.4 Å². The Bertz CT molecular complexity index is 498. The first kappa shape index (κ1) is 13.5. The van der Waals surface area contributed by atoms with Gasteiger partial charge in [-0.05, 0) is 22.9 Å². The number of nitrogens with zero attached hydrogens (tertiary/aromatic N) is 2. The maximum atomic E-state index is 11.7. The molecule has 0 aromatic carbocycles. The van der Waals surface area contributed by atoms with Gasteiger partial charge in [-0.2, -0.15) is 0 Å². The first-order chi connectivity index (χ1) is 7.86. The van der Waals surface area contributed by atoms with Crippen LogP contribution >= 0.6 is 0 Å². The van der Waals surface area contributed by atoms with Crippen molar-refractivity contribution in [3.63, 3.8) is 0 Å². The highest BCUT2D eigenvalue weighted by Crippen LogP contribution is 2.12. The predicted octanol–water partition coefficient (Wildman–Crippen LogP) is -0.351. The van der Waals surface area contributed by atoms with Crippen molar-refractivity contribution in [3.05, 3.63) is 28.4 Å². The van der Waals surface area contributed by atoms with E-state index in [-0.39, 0.29) is 11.5 Å². The molecule has 0 aliphatic rings. The molecule has 1 aromatic heterocycles. The SMILES string of the molecule is CC(CO)NS(=O)(=O)c1ccc([N+](=O)[O-])nc1. The number of pyridine rings is 1. The van der Waals surface area contributed by atoms with Gasteiger partial charge in [0.25, 0.3) is 0 Å². The molecule has 9 heteroatoms. The minimum absolute atomic E-state index is 0.191. The standard InChI is InChI=1S/C8H11N3O5S/c1-6(5-12)10-17(15,16)7-2-3-8(9-4-7)11(13)14/h2-4,6,10,12H,5H2,1H3. The van der Waals surface area contributed by atoms with E-state index in [4.69, 9.17) is 5.11 Å². The molecular weight excluding hydrogens is 250 g/mol. The van der Waals surface area contributed by atoms with Crippen LogP contribution in [0.2, 0.25) is 0 Å². The molecule has 1 rings (SSSR count). The molecule has 1 heterocycles. The Hall–Kier alpha value is -1.58. The highest BCUT2D eigenvalue weighted by Gasteiger charge is 2.19. The maximum absolute atomic E-state index is 11.7. The van der Waals surface area contributed by atoms with Gasteiger partial charge < -0.3 is 15.2 Å². The van der Waals surface area contributed by atoms with Gasteiger partial charge in [0.05, 0.1) is 6.61 Å². The number of rotatable bonds is 5. The van der Waals surface area contributed by atoms with Crippen molar-refractivity contribution in [1.29, 1.82) is 0 Å². The van der Waals surface area contributed by atoms with E-state index in [0.29, 0.717) is 0 Å². The third kappa shape index (κ3) is 3.44. The number of nitrogens with one attached hydrogen (secondary N) is 1. The van der Waals surface area contributed by atoms with Crippen molar-refractivity contribution in [2.75, 3.05) is 6.61 Å². The van der Waals surface area contributed by atoms with Gasteiger partial charge in [-0.25, -0.2) is 13.1 Å². The summed E-state index contributed by atoms with van der Waals surface area (Å²) in [7, 11) is -3.81. The molecule has 0 fully saturated rings. The Morgan fingerprint density at radius 1 is 1.59 bits per heavy atom. The Morgan fingerprint density at radius 3 is 2.65 bits per heavy atom. The summed E-state index contributed by atoms with van der Waals surface area (Å²) < 4.78 is 25.5. The molecule has 0 radical (unpaired) electrons. The van der Waals surface area contributed by atoms with Crippen molar-refractivity contribution in [2.45, 2.75) is 17.9 Å². The lowest BCUT2D eigenvalue weighted by Gasteiger charge is -2.10. The number of sulfonamides is 1. The Kier molecular flexibility index (Phi) is 4.10. The second kappa shape index (κ2) is 5.17. The smallest absolute Gasteiger partial charge is 0.363 e. The van der Waals surface area contributed by atoms with Gasteiger partial charge in [-0.1, -0.05) is 0 Å². The number of nitro groups is 1. The average Bonchev–Trinajstić information content (AvgIpc) is 2.28. The van der Waals surface area contributed by atoms with Crippen molar-refractivity contribution in [2.24, 2.45) is 0 Å². The van der Waals surface area contributed by atoms with Crippen LogP contribution in [0.4, 0.5) is 5.82 Å². The van der Waals surface area contributed by atoms with Gasteiger partial charge in [0.1, 0.15) is 4.90 Å². The number of aliphatic hydroxyl groups is 1. The molecule has 0 saturated carbocycles. The highest BCUT2D eigenvalue weighted by molar-refractivity contribution is 7.89. The monoisotopic (exact) mass is 261 g/mol. The summed E-state index contributed by atoms with van der Waals surface area (Å²) in [4.78, 5) is 12.8. The second-order valence-corrected chi connectivity index (χ2v) is 5.03. The maximum Gasteiger partial charge on any atom is 0.363 e. The van der Waals surface area contributed by atoms with Crippen LogP contribution in [0, 0.1) is 10.1 Å². The molecule has 94 valence electrons. The Balaban J connectivity index is 2.96. The van der Waals surface area contributed by atoms with E-state index in [2.05, 4.69) is 9.71 Å². The molecule has 0 bridgehead atoms. The lowest BCUT2D eigenvalue weighted by atomic mass is 10.4. The van der Waals surface area contributed by atoms with Gasteiger partial charge in [0.15, 0.2) is 6.20 Å². The lowest BCUT2D eigenvalue weighted by Crippen LogP contribution is -2.35. The fourth-order valence-electron chi connectivity index (χ4n) is 1.01. The summed E-state index contributed by atoms with van der Waals surface area (Å²) in [5.41, 5.74) is 0. The first-order valence-corrected chi connectivity index (χ1v) is 6.09. The van der Waals surface area contributed by atoms with Crippen LogP contribution < -0.4 is 4.72 Å². The van der Waals surface area contributed by atoms with Crippen LogP contribution in [-0.4, -0.2) is 36.1 Å². The van der Waals surface area contributed by atoms with E-state index in [1.165, 1.54) is 6.92 Å². The molecule has 2 N–H and O–H groups in total. The van der Waals surface area contributed by atoms with Crippen molar-refractivity contribution >= 4 is 15.8 Å². The van der Waals surface area contributed by atoms with Gasteiger partial charge in [0.2, 0.25) is 10.0 Å². The zero-order chi connectivity index (χ0) is 13.1. The van der Waals surface area contributed by atoms with Crippen LogP contribution in [0.25, 0.3) is 0 Å². The largest absolute Gasteiger partial charge is 0.395 e. The molecule has 0 saturated heterocycles. The molecule has 0 aliphatic carbocycles. The van der Waals surface area contributed by atoms with Crippen LogP contribution in [0.15, 0.2) is 23.2 Å². The zero-order valence-electron chi connectivity index (χ0n) is 8.90. The summed E-state index contributed by atoms with van der Waals surface area (Å²) >= 11 is 0. The molecule has 17 heavy (non-hydrogen) atoms. The summed E-state index contributed by atoms with van der Waals surface area (Å²) in [6.45, 7) is 1.13. The van der Waals surface area contributed by atoms with E-state index in [0.717, 1.165) is 18.3 Å². The summed E-state index contributed by atoms with van der Waals surface area (Å²) in [6, 6.07) is 1.44. The molecule has 0 amide bonds. The zero-order valence-corrected chi connectivity index (χ0v) is 9.72. The third-order valence-corrected chi connectivity index (χ3v) is 3.42. The average molecular weight is 261 g/mol. The fraction of sp³-hybridized carbons (Fsp3) is 0.375. The highest BCUT2D eigenvalue weighted by atomic mass is 32.2. The Labute approximate surface area is 97.5 Å². The Morgan fingerprint density at radius 2 is 2.24 bits per heavy atom. The number of hydrogen-bond acceptors (Lipinski definition) is 6. The fourth-order valence-corrected chi connectivity index (χ4v) is 2.19. The molecule has 1 atom stereocenters. The number of aliphatic hydroxyl groups excluding tert-OH is 1. The normalized spacial score (nSPS) is 13.3. The van der Waals surface area contributed by atoms with Crippen LogP contribution in [0.3, 0.4) is 0 Å². The van der Waals surface area contributed by atoms with E-state index in [1.54, 1.807) is 0 Å². The summed E-state index contributed by atoms with van der Waals surface area (Å²) in [5.74, 6) is -0.431. The van der Waals surface area contributed by atoms with Gasteiger partial charge in [-0.3, -0.25) is 0 Å². The molecule has 8 nitrogen and oxygen atoms in total.